The van der Waals surface area contributed by atoms with Crippen LogP contribution < -0.4 is 4.90 Å². The molecule has 0 atom stereocenters. The monoisotopic (exact) mass is 372 g/mol. The van der Waals surface area contributed by atoms with Crippen LogP contribution in [0, 0.1) is 24.1 Å². The standard InChI is InChI=1S/C24H21FN2O/c1-3-24(28)27(22-13-19(15-26)12-21(25)14-22)16-18-8-10-20(11-9-18)23-7-5-4-6-17(23)2/h4-14H,3,16H2,1-2H3. The number of anilines is 1. The molecule has 0 aromatic heterocycles. The molecule has 0 N–H and O–H groups in total. The second-order valence-electron chi connectivity index (χ2n) is 6.66. The van der Waals surface area contributed by atoms with Gasteiger partial charge in [0, 0.05) is 12.1 Å². The summed E-state index contributed by atoms with van der Waals surface area (Å²) in [5, 5.41) is 9.09. The quantitative estimate of drug-likeness (QED) is 0.584. The number of nitriles is 1. The van der Waals surface area contributed by atoms with Crippen molar-refractivity contribution < 1.29 is 9.18 Å². The number of benzene rings is 3. The molecule has 0 spiro atoms. The highest BCUT2D eigenvalue weighted by Crippen LogP contribution is 2.25. The van der Waals surface area contributed by atoms with E-state index in [4.69, 9.17) is 5.26 Å². The largest absolute Gasteiger partial charge is 0.308 e. The normalized spacial score (nSPS) is 10.4. The van der Waals surface area contributed by atoms with E-state index in [9.17, 15) is 9.18 Å². The van der Waals surface area contributed by atoms with Gasteiger partial charge in [-0.25, -0.2) is 4.39 Å². The van der Waals surface area contributed by atoms with Crippen LogP contribution in [0.1, 0.15) is 30.0 Å². The molecule has 1 amide bonds. The Morgan fingerprint density at radius 1 is 1.07 bits per heavy atom. The summed E-state index contributed by atoms with van der Waals surface area (Å²) >= 11 is 0. The Labute approximate surface area is 164 Å². The molecule has 0 fully saturated rings. The van der Waals surface area contributed by atoms with Crippen molar-refractivity contribution in [3.8, 4) is 17.2 Å². The minimum absolute atomic E-state index is 0.127. The fourth-order valence-electron chi connectivity index (χ4n) is 3.18. The van der Waals surface area contributed by atoms with Crippen molar-refractivity contribution >= 4 is 11.6 Å². The summed E-state index contributed by atoms with van der Waals surface area (Å²) in [6.45, 7) is 4.15. The van der Waals surface area contributed by atoms with Crippen LogP contribution in [0.5, 0.6) is 0 Å². The number of aryl methyl sites for hydroxylation is 1. The molecule has 0 radical (unpaired) electrons. The van der Waals surface area contributed by atoms with Gasteiger partial charge in [-0.15, -0.1) is 0 Å². The fraction of sp³-hybridized carbons (Fsp3) is 0.167. The summed E-state index contributed by atoms with van der Waals surface area (Å²) in [6.07, 6.45) is 0.291. The van der Waals surface area contributed by atoms with Gasteiger partial charge >= 0.3 is 0 Å². The molecule has 140 valence electrons. The maximum Gasteiger partial charge on any atom is 0.227 e. The van der Waals surface area contributed by atoms with E-state index in [1.165, 1.54) is 22.1 Å². The number of hydrogen-bond acceptors (Lipinski definition) is 2. The summed E-state index contributed by atoms with van der Waals surface area (Å²) in [6, 6.07) is 22.1. The Morgan fingerprint density at radius 2 is 1.79 bits per heavy atom. The van der Waals surface area contributed by atoms with E-state index in [1.807, 2.05) is 42.5 Å². The lowest BCUT2D eigenvalue weighted by molar-refractivity contribution is -0.118. The van der Waals surface area contributed by atoms with Crippen molar-refractivity contribution in [3.63, 3.8) is 0 Å². The maximum absolute atomic E-state index is 13.9. The molecule has 0 unspecified atom stereocenters. The SMILES string of the molecule is CCC(=O)N(Cc1ccc(-c2ccccc2C)cc1)c1cc(F)cc(C#N)c1. The molecule has 3 aromatic carbocycles. The maximum atomic E-state index is 13.9. The van der Waals surface area contributed by atoms with Gasteiger partial charge in [-0.2, -0.15) is 5.26 Å². The number of carbonyl (C=O) groups excluding carboxylic acids is 1. The van der Waals surface area contributed by atoms with Crippen LogP contribution in [0.3, 0.4) is 0 Å². The van der Waals surface area contributed by atoms with E-state index >= 15 is 0 Å². The summed E-state index contributed by atoms with van der Waals surface area (Å²) in [5.41, 5.74) is 4.99. The minimum Gasteiger partial charge on any atom is -0.308 e. The predicted molar refractivity (Wildman–Crippen MR) is 109 cm³/mol. The number of hydrogen-bond donors (Lipinski definition) is 0. The first-order chi connectivity index (χ1) is 13.5. The molecule has 4 heteroatoms. The minimum atomic E-state index is -0.530. The topological polar surface area (TPSA) is 44.1 Å². The predicted octanol–water partition coefficient (Wildman–Crippen LogP) is 5.62. The third kappa shape index (κ3) is 4.27. The molecule has 0 saturated carbocycles. The second-order valence-corrected chi connectivity index (χ2v) is 6.66. The first-order valence-electron chi connectivity index (χ1n) is 9.18. The first kappa shape index (κ1) is 19.3. The number of amides is 1. The zero-order valence-corrected chi connectivity index (χ0v) is 15.9. The van der Waals surface area contributed by atoms with Crippen LogP contribution in [-0.4, -0.2) is 5.91 Å². The Hall–Kier alpha value is -3.45. The lowest BCUT2D eigenvalue weighted by Crippen LogP contribution is -2.29. The molecule has 0 aliphatic rings. The smallest absolute Gasteiger partial charge is 0.227 e. The molecule has 0 aliphatic carbocycles. The van der Waals surface area contributed by atoms with Crippen molar-refractivity contribution in [1.29, 1.82) is 5.26 Å². The number of nitrogens with zero attached hydrogens (tertiary/aromatic N) is 2. The molecule has 0 bridgehead atoms. The van der Waals surface area contributed by atoms with Crippen LogP contribution in [0.25, 0.3) is 11.1 Å². The lowest BCUT2D eigenvalue weighted by atomic mass is 9.99. The molecule has 3 nitrogen and oxygen atoms in total. The molecule has 0 aliphatic heterocycles. The lowest BCUT2D eigenvalue weighted by Gasteiger charge is -2.23. The van der Waals surface area contributed by atoms with Crippen molar-refractivity contribution in [2.24, 2.45) is 0 Å². The zero-order valence-electron chi connectivity index (χ0n) is 15.9. The molecular formula is C24H21FN2O. The Bertz CT molecular complexity index is 1040. The summed E-state index contributed by atoms with van der Waals surface area (Å²) in [4.78, 5) is 14.0. The van der Waals surface area contributed by atoms with Gasteiger partial charge in [-0.3, -0.25) is 4.79 Å². The van der Waals surface area contributed by atoms with Crippen molar-refractivity contribution in [2.75, 3.05) is 4.90 Å². The molecule has 3 aromatic rings. The summed E-state index contributed by atoms with van der Waals surface area (Å²) in [5.74, 6) is -0.657. The van der Waals surface area contributed by atoms with E-state index in [0.29, 0.717) is 18.7 Å². The van der Waals surface area contributed by atoms with Gasteiger partial charge in [-0.05, 0) is 47.4 Å². The van der Waals surface area contributed by atoms with Gasteiger partial charge in [0.1, 0.15) is 5.82 Å². The zero-order chi connectivity index (χ0) is 20.1. The van der Waals surface area contributed by atoms with Gasteiger partial charge in [-0.1, -0.05) is 55.5 Å². The third-order valence-electron chi connectivity index (χ3n) is 4.68. The van der Waals surface area contributed by atoms with Crippen LogP contribution in [0.15, 0.2) is 66.7 Å². The van der Waals surface area contributed by atoms with Crippen LogP contribution in [0.2, 0.25) is 0 Å². The fourth-order valence-corrected chi connectivity index (χ4v) is 3.18. The van der Waals surface area contributed by atoms with E-state index in [1.54, 1.807) is 13.0 Å². The average Bonchev–Trinajstić information content (AvgIpc) is 2.72. The summed E-state index contributed by atoms with van der Waals surface area (Å²) < 4.78 is 13.9. The Balaban J connectivity index is 1.90. The molecule has 0 saturated heterocycles. The molecular weight excluding hydrogens is 351 g/mol. The van der Waals surface area contributed by atoms with Gasteiger partial charge in [0.15, 0.2) is 0 Å². The highest BCUT2D eigenvalue weighted by atomic mass is 19.1. The third-order valence-corrected chi connectivity index (χ3v) is 4.68. The Morgan fingerprint density at radius 3 is 2.43 bits per heavy atom. The van der Waals surface area contributed by atoms with Crippen LogP contribution in [0.4, 0.5) is 10.1 Å². The first-order valence-corrected chi connectivity index (χ1v) is 9.18. The number of rotatable bonds is 5. The van der Waals surface area contributed by atoms with Gasteiger partial charge in [0.25, 0.3) is 0 Å². The molecule has 3 rings (SSSR count). The average molecular weight is 372 g/mol. The molecule has 28 heavy (non-hydrogen) atoms. The van der Waals surface area contributed by atoms with Gasteiger partial charge < -0.3 is 4.90 Å². The Kier molecular flexibility index (Phi) is 5.86. The van der Waals surface area contributed by atoms with Gasteiger partial charge in [0.2, 0.25) is 5.91 Å². The van der Waals surface area contributed by atoms with Crippen LogP contribution in [-0.2, 0) is 11.3 Å². The van der Waals surface area contributed by atoms with Crippen LogP contribution >= 0.6 is 0 Å². The van der Waals surface area contributed by atoms with Crippen molar-refractivity contribution in [1.82, 2.24) is 0 Å². The highest BCUT2D eigenvalue weighted by molar-refractivity contribution is 5.93. The van der Waals surface area contributed by atoms with Crippen molar-refractivity contribution in [3.05, 3.63) is 89.2 Å². The summed E-state index contributed by atoms with van der Waals surface area (Å²) in [7, 11) is 0. The number of halogens is 1. The highest BCUT2D eigenvalue weighted by Gasteiger charge is 2.16. The number of carbonyl (C=O) groups is 1. The van der Waals surface area contributed by atoms with E-state index in [-0.39, 0.29) is 11.5 Å². The van der Waals surface area contributed by atoms with Gasteiger partial charge in [0.05, 0.1) is 18.2 Å². The van der Waals surface area contributed by atoms with E-state index < -0.39 is 5.82 Å². The van der Waals surface area contributed by atoms with E-state index in [0.717, 1.165) is 17.2 Å². The molecule has 0 heterocycles. The van der Waals surface area contributed by atoms with E-state index in [2.05, 4.69) is 19.1 Å². The second kappa shape index (κ2) is 8.49. The van der Waals surface area contributed by atoms with Crippen molar-refractivity contribution in [2.45, 2.75) is 26.8 Å².